The van der Waals surface area contributed by atoms with Crippen LogP contribution in [0, 0.1) is 0 Å². The quantitative estimate of drug-likeness (QED) is 0.455. The Morgan fingerprint density at radius 3 is 2.16 bits per heavy atom. The highest BCUT2D eigenvalue weighted by Gasteiger charge is 2.15. The molecular formula is C24H26N4O2S. The number of benzene rings is 3. The number of urea groups is 1. The molecule has 0 atom stereocenters. The lowest BCUT2D eigenvalue weighted by Crippen LogP contribution is -2.26. The van der Waals surface area contributed by atoms with Gasteiger partial charge >= 0.3 is 6.03 Å². The van der Waals surface area contributed by atoms with Gasteiger partial charge in [0.25, 0.3) is 5.91 Å². The number of hydrogen-bond donors (Lipinski definition) is 3. The summed E-state index contributed by atoms with van der Waals surface area (Å²) in [6.45, 7) is 0.427. The number of nitrogens with one attached hydrogen (secondary N) is 3. The third kappa shape index (κ3) is 6.26. The third-order valence-electron chi connectivity index (χ3n) is 4.62. The van der Waals surface area contributed by atoms with Crippen molar-refractivity contribution in [2.45, 2.75) is 11.4 Å². The van der Waals surface area contributed by atoms with E-state index in [9.17, 15) is 9.59 Å². The van der Waals surface area contributed by atoms with Gasteiger partial charge in [-0.15, -0.1) is 11.8 Å². The summed E-state index contributed by atoms with van der Waals surface area (Å²) in [5, 5.41) is 8.55. The van der Waals surface area contributed by atoms with Gasteiger partial charge in [0.15, 0.2) is 0 Å². The molecule has 0 heterocycles. The molecule has 0 saturated carbocycles. The summed E-state index contributed by atoms with van der Waals surface area (Å²) in [5.74, 6) is -0.204. The second kappa shape index (κ2) is 10.5. The molecule has 0 radical (unpaired) electrons. The van der Waals surface area contributed by atoms with Crippen LogP contribution in [-0.4, -0.2) is 32.3 Å². The summed E-state index contributed by atoms with van der Waals surface area (Å²) >= 11 is 1.64. The van der Waals surface area contributed by atoms with Crippen molar-refractivity contribution in [2.24, 2.45) is 0 Å². The van der Waals surface area contributed by atoms with Gasteiger partial charge in [0.2, 0.25) is 0 Å². The van der Waals surface area contributed by atoms with E-state index in [0.29, 0.717) is 23.5 Å². The molecule has 3 aromatic rings. The van der Waals surface area contributed by atoms with Crippen LogP contribution in [0.4, 0.5) is 21.9 Å². The van der Waals surface area contributed by atoms with E-state index >= 15 is 0 Å². The average molecular weight is 435 g/mol. The minimum absolute atomic E-state index is 0.204. The fraction of sp³-hybridized carbons (Fsp3) is 0.167. The predicted octanol–water partition coefficient (Wildman–Crippen LogP) is 5.05. The summed E-state index contributed by atoms with van der Waals surface area (Å²) < 4.78 is 0. The largest absolute Gasteiger partial charge is 0.377 e. The average Bonchev–Trinajstić information content (AvgIpc) is 2.78. The van der Waals surface area contributed by atoms with E-state index in [-0.39, 0.29) is 11.9 Å². The summed E-state index contributed by atoms with van der Waals surface area (Å²) in [5.41, 5.74) is 3.50. The third-order valence-corrected chi connectivity index (χ3v) is 5.37. The van der Waals surface area contributed by atoms with Gasteiger partial charge in [0.05, 0.1) is 5.56 Å². The normalized spacial score (nSPS) is 10.3. The lowest BCUT2D eigenvalue weighted by molar-refractivity contribution is 0.0951. The second-order valence-corrected chi connectivity index (χ2v) is 7.98. The van der Waals surface area contributed by atoms with Crippen LogP contribution in [0.25, 0.3) is 0 Å². The zero-order valence-electron chi connectivity index (χ0n) is 17.8. The number of hydrogen-bond acceptors (Lipinski definition) is 4. The smallest absolute Gasteiger partial charge is 0.323 e. The SMILES string of the molecule is CSc1ccc(NC(=O)Nc2ccc(N(C)C)c(C(=O)NCc3ccccc3)c2)cc1. The van der Waals surface area contributed by atoms with Gasteiger partial charge < -0.3 is 20.9 Å². The van der Waals surface area contributed by atoms with Crippen LogP contribution in [0.5, 0.6) is 0 Å². The van der Waals surface area contributed by atoms with Gasteiger partial charge in [0.1, 0.15) is 0 Å². The van der Waals surface area contributed by atoms with Crippen molar-refractivity contribution in [2.75, 3.05) is 35.9 Å². The van der Waals surface area contributed by atoms with Crippen LogP contribution < -0.4 is 20.9 Å². The zero-order valence-corrected chi connectivity index (χ0v) is 18.6. The number of anilines is 3. The van der Waals surface area contributed by atoms with Crippen LogP contribution >= 0.6 is 11.8 Å². The van der Waals surface area contributed by atoms with E-state index in [1.54, 1.807) is 23.9 Å². The molecule has 0 fully saturated rings. The standard InChI is InChI=1S/C24H26N4O2S/c1-28(2)22-14-11-19(27-24(30)26-18-9-12-20(31-3)13-10-18)15-21(22)23(29)25-16-17-7-5-4-6-8-17/h4-15H,16H2,1-3H3,(H,25,29)(H2,26,27,30). The molecule has 0 spiro atoms. The Labute approximate surface area is 187 Å². The molecule has 6 nitrogen and oxygen atoms in total. The number of nitrogens with zero attached hydrogens (tertiary/aromatic N) is 1. The molecule has 0 unspecified atom stereocenters. The monoisotopic (exact) mass is 434 g/mol. The maximum Gasteiger partial charge on any atom is 0.323 e. The first kappa shape index (κ1) is 22.2. The van der Waals surface area contributed by atoms with Crippen molar-refractivity contribution >= 4 is 40.8 Å². The topological polar surface area (TPSA) is 73.5 Å². The molecule has 3 aromatic carbocycles. The zero-order chi connectivity index (χ0) is 22.2. The highest BCUT2D eigenvalue weighted by molar-refractivity contribution is 7.98. The molecule has 0 aliphatic heterocycles. The molecule has 0 aromatic heterocycles. The Hall–Kier alpha value is -3.45. The number of rotatable bonds is 7. The van der Waals surface area contributed by atoms with Crippen molar-refractivity contribution in [1.82, 2.24) is 5.32 Å². The minimum Gasteiger partial charge on any atom is -0.377 e. The van der Waals surface area contributed by atoms with E-state index in [0.717, 1.165) is 16.1 Å². The van der Waals surface area contributed by atoms with Gasteiger partial charge in [-0.2, -0.15) is 0 Å². The summed E-state index contributed by atoms with van der Waals surface area (Å²) in [7, 11) is 3.75. The maximum absolute atomic E-state index is 12.9. The highest BCUT2D eigenvalue weighted by Crippen LogP contribution is 2.24. The van der Waals surface area contributed by atoms with Crippen molar-refractivity contribution < 1.29 is 9.59 Å². The number of amides is 3. The van der Waals surface area contributed by atoms with E-state index in [4.69, 9.17) is 0 Å². The van der Waals surface area contributed by atoms with Crippen LogP contribution in [0.15, 0.2) is 77.7 Å². The molecule has 7 heteroatoms. The first-order valence-electron chi connectivity index (χ1n) is 9.82. The fourth-order valence-corrected chi connectivity index (χ4v) is 3.44. The summed E-state index contributed by atoms with van der Waals surface area (Å²) in [6, 6.07) is 22.2. The molecule has 0 saturated heterocycles. The molecule has 3 N–H and O–H groups in total. The van der Waals surface area contributed by atoms with Gasteiger partial charge in [-0.05, 0) is 54.3 Å². The van der Waals surface area contributed by atoms with Crippen LogP contribution in [0.2, 0.25) is 0 Å². The second-order valence-electron chi connectivity index (χ2n) is 7.10. The molecule has 0 aliphatic rings. The van der Waals surface area contributed by atoms with Crippen molar-refractivity contribution in [3.63, 3.8) is 0 Å². The Morgan fingerprint density at radius 2 is 1.52 bits per heavy atom. The molecule has 0 aliphatic carbocycles. The highest BCUT2D eigenvalue weighted by atomic mass is 32.2. The van der Waals surface area contributed by atoms with Gasteiger partial charge in [-0.25, -0.2) is 4.79 Å². The van der Waals surface area contributed by atoms with Crippen LogP contribution in [0.3, 0.4) is 0 Å². The van der Waals surface area contributed by atoms with E-state index < -0.39 is 0 Å². The van der Waals surface area contributed by atoms with E-state index in [1.165, 1.54) is 0 Å². The summed E-state index contributed by atoms with van der Waals surface area (Å²) in [6.07, 6.45) is 2.00. The van der Waals surface area contributed by atoms with Gasteiger partial charge in [-0.1, -0.05) is 30.3 Å². The van der Waals surface area contributed by atoms with Crippen LogP contribution in [-0.2, 0) is 6.54 Å². The molecule has 3 rings (SSSR count). The molecule has 31 heavy (non-hydrogen) atoms. The number of thioether (sulfide) groups is 1. The lowest BCUT2D eigenvalue weighted by Gasteiger charge is -2.19. The Bertz CT molecular complexity index is 1040. The maximum atomic E-state index is 12.9. The van der Waals surface area contributed by atoms with Crippen molar-refractivity contribution in [1.29, 1.82) is 0 Å². The first-order chi connectivity index (χ1) is 15.0. The molecule has 160 valence electrons. The number of carbonyl (C=O) groups excluding carboxylic acids is 2. The fourth-order valence-electron chi connectivity index (χ4n) is 3.03. The van der Waals surface area contributed by atoms with E-state index in [1.807, 2.05) is 85.9 Å². The van der Waals surface area contributed by atoms with Gasteiger partial charge in [0, 0.05) is 42.6 Å². The summed E-state index contributed by atoms with van der Waals surface area (Å²) in [4.78, 5) is 28.3. The van der Waals surface area contributed by atoms with Crippen LogP contribution in [0.1, 0.15) is 15.9 Å². The first-order valence-corrected chi connectivity index (χ1v) is 11.0. The lowest BCUT2D eigenvalue weighted by atomic mass is 10.1. The molecule has 0 bridgehead atoms. The Kier molecular flexibility index (Phi) is 7.56. The minimum atomic E-state index is -0.370. The molecule has 3 amide bonds. The number of carbonyl (C=O) groups is 2. The van der Waals surface area contributed by atoms with Crippen molar-refractivity contribution in [3.05, 3.63) is 83.9 Å². The Morgan fingerprint density at radius 1 is 0.871 bits per heavy atom. The molecular weight excluding hydrogens is 408 g/mol. The van der Waals surface area contributed by atoms with E-state index in [2.05, 4.69) is 16.0 Å². The predicted molar refractivity (Wildman–Crippen MR) is 129 cm³/mol. The van der Waals surface area contributed by atoms with Gasteiger partial charge in [-0.3, -0.25) is 4.79 Å². The van der Waals surface area contributed by atoms with Crippen molar-refractivity contribution in [3.8, 4) is 0 Å². The Balaban J connectivity index is 1.70.